The molecule has 5 nitrogen and oxygen atoms in total. The van der Waals surface area contributed by atoms with Crippen LogP contribution in [0.5, 0.6) is 0 Å². The zero-order chi connectivity index (χ0) is 14.0. The van der Waals surface area contributed by atoms with Crippen molar-refractivity contribution in [2.75, 3.05) is 5.73 Å². The summed E-state index contributed by atoms with van der Waals surface area (Å²) in [6.45, 7) is 2.00. The van der Waals surface area contributed by atoms with Crippen LogP contribution >= 0.6 is 15.9 Å². The van der Waals surface area contributed by atoms with Gasteiger partial charge in [0.1, 0.15) is 5.82 Å². The molecule has 1 heterocycles. The van der Waals surface area contributed by atoms with Crippen molar-refractivity contribution in [3.05, 3.63) is 22.3 Å². The summed E-state index contributed by atoms with van der Waals surface area (Å²) < 4.78 is 0.719. The molecule has 0 aliphatic heterocycles. The topological polar surface area (TPSA) is 88.2 Å². The molecule has 1 aromatic rings. The zero-order valence-electron chi connectivity index (χ0n) is 10.8. The number of anilines is 1. The molecule has 104 valence electrons. The minimum absolute atomic E-state index is 0.217. The average Bonchev–Trinajstić information content (AvgIpc) is 2.36. The zero-order valence-corrected chi connectivity index (χ0v) is 12.4. The van der Waals surface area contributed by atoms with E-state index < -0.39 is 0 Å². The highest BCUT2D eigenvalue weighted by Crippen LogP contribution is 2.28. The number of nitrogens with zero attached hydrogens (tertiary/aromatic N) is 1. The van der Waals surface area contributed by atoms with Crippen LogP contribution in [0.15, 0.2) is 16.7 Å². The van der Waals surface area contributed by atoms with Crippen molar-refractivity contribution in [1.29, 1.82) is 0 Å². The second kappa shape index (κ2) is 5.46. The predicted molar refractivity (Wildman–Crippen MR) is 76.7 cm³/mol. The molecule has 2 rings (SSSR count). The molecule has 19 heavy (non-hydrogen) atoms. The quantitative estimate of drug-likeness (QED) is 0.773. The largest absolute Gasteiger partial charge is 0.393 e. The molecule has 0 radical (unpaired) electrons. The van der Waals surface area contributed by atoms with Crippen molar-refractivity contribution in [3.63, 3.8) is 0 Å². The van der Waals surface area contributed by atoms with E-state index in [0.717, 1.165) is 17.3 Å². The number of halogens is 1. The molecule has 0 aromatic carbocycles. The molecule has 1 aromatic heterocycles. The Morgan fingerprint density at radius 3 is 2.84 bits per heavy atom. The number of carbonyl (C=O) groups is 1. The van der Waals surface area contributed by atoms with Crippen molar-refractivity contribution < 1.29 is 9.90 Å². The first-order valence-corrected chi connectivity index (χ1v) is 7.10. The molecule has 1 amide bonds. The van der Waals surface area contributed by atoms with Gasteiger partial charge in [-0.25, -0.2) is 4.98 Å². The fourth-order valence-corrected chi connectivity index (χ4v) is 2.67. The first-order valence-electron chi connectivity index (χ1n) is 6.31. The van der Waals surface area contributed by atoms with Gasteiger partial charge in [-0.2, -0.15) is 0 Å². The Kier molecular flexibility index (Phi) is 4.10. The monoisotopic (exact) mass is 327 g/mol. The molecule has 1 aliphatic rings. The summed E-state index contributed by atoms with van der Waals surface area (Å²) in [6.07, 6.45) is 4.27. The lowest BCUT2D eigenvalue weighted by Crippen LogP contribution is -2.49. The molecular weight excluding hydrogens is 310 g/mol. The highest BCUT2D eigenvalue weighted by Gasteiger charge is 2.32. The second-order valence-corrected chi connectivity index (χ2v) is 6.25. The Hall–Kier alpha value is -1.14. The SMILES string of the molecule is C[C@]1(NC(=O)c2cc(Br)cnc2N)CC[C@H](O)CC1. The minimum atomic E-state index is -0.287. The van der Waals surface area contributed by atoms with E-state index in [2.05, 4.69) is 26.2 Å². The van der Waals surface area contributed by atoms with Gasteiger partial charge >= 0.3 is 0 Å². The van der Waals surface area contributed by atoms with Gasteiger partial charge in [-0.1, -0.05) is 0 Å². The lowest BCUT2D eigenvalue weighted by molar-refractivity contribution is 0.0726. The van der Waals surface area contributed by atoms with Crippen molar-refractivity contribution in [2.45, 2.75) is 44.2 Å². The summed E-state index contributed by atoms with van der Waals surface area (Å²) in [5.74, 6) is 0.00494. The summed E-state index contributed by atoms with van der Waals surface area (Å²) in [6, 6.07) is 1.67. The Morgan fingerprint density at radius 1 is 1.58 bits per heavy atom. The first kappa shape index (κ1) is 14.3. The number of carbonyl (C=O) groups excluding carboxylic acids is 1. The van der Waals surface area contributed by atoms with Crippen molar-refractivity contribution in [2.24, 2.45) is 0 Å². The Bertz CT molecular complexity index is 485. The van der Waals surface area contributed by atoms with E-state index >= 15 is 0 Å². The lowest BCUT2D eigenvalue weighted by atomic mass is 9.82. The summed E-state index contributed by atoms with van der Waals surface area (Å²) in [7, 11) is 0. The van der Waals surface area contributed by atoms with Crippen LogP contribution in [0.25, 0.3) is 0 Å². The molecule has 0 bridgehead atoms. The fourth-order valence-electron chi connectivity index (χ4n) is 2.34. The predicted octanol–water partition coefficient (Wildman–Crippen LogP) is 1.85. The smallest absolute Gasteiger partial charge is 0.255 e. The Morgan fingerprint density at radius 2 is 2.21 bits per heavy atom. The molecular formula is C13H18BrN3O2. The lowest BCUT2D eigenvalue weighted by Gasteiger charge is -2.36. The summed E-state index contributed by atoms with van der Waals surface area (Å²) in [4.78, 5) is 16.2. The highest BCUT2D eigenvalue weighted by molar-refractivity contribution is 9.10. The third kappa shape index (κ3) is 3.45. The molecule has 1 aliphatic carbocycles. The molecule has 0 atom stereocenters. The molecule has 0 saturated heterocycles. The van der Waals surface area contributed by atoms with Crippen molar-refractivity contribution >= 4 is 27.7 Å². The third-order valence-corrected chi connectivity index (χ3v) is 4.04. The number of aromatic nitrogens is 1. The second-order valence-electron chi connectivity index (χ2n) is 5.33. The number of aliphatic hydroxyl groups is 1. The summed E-state index contributed by atoms with van der Waals surface area (Å²) in [5, 5.41) is 12.5. The van der Waals surface area contributed by atoms with E-state index in [1.165, 1.54) is 0 Å². The van der Waals surface area contributed by atoms with Crippen LogP contribution in [0.3, 0.4) is 0 Å². The number of nitrogens with one attached hydrogen (secondary N) is 1. The number of hydrogen-bond acceptors (Lipinski definition) is 4. The molecule has 1 saturated carbocycles. The van der Waals surface area contributed by atoms with Gasteiger partial charge in [0.25, 0.3) is 5.91 Å². The van der Waals surface area contributed by atoms with Gasteiger partial charge in [0, 0.05) is 16.2 Å². The molecule has 1 fully saturated rings. The van der Waals surface area contributed by atoms with E-state index in [0.29, 0.717) is 18.4 Å². The van der Waals surface area contributed by atoms with Gasteiger partial charge < -0.3 is 16.2 Å². The minimum Gasteiger partial charge on any atom is -0.393 e. The van der Waals surface area contributed by atoms with Crippen LogP contribution in [0.2, 0.25) is 0 Å². The van der Waals surface area contributed by atoms with Gasteiger partial charge in [0.05, 0.1) is 11.7 Å². The van der Waals surface area contributed by atoms with E-state index in [1.54, 1.807) is 12.3 Å². The maximum atomic E-state index is 12.3. The number of pyridine rings is 1. The Balaban J connectivity index is 2.10. The van der Waals surface area contributed by atoms with Gasteiger partial charge in [0.15, 0.2) is 0 Å². The standard InChI is InChI=1S/C13H18BrN3O2/c1-13(4-2-9(18)3-5-13)17-12(19)10-6-8(14)7-16-11(10)15/h6-7,9,18H,2-5H2,1H3,(H2,15,16)(H,17,19)/t9-,13-. The first-order chi connectivity index (χ1) is 8.89. The number of nitrogen functional groups attached to an aromatic ring is 1. The van der Waals surface area contributed by atoms with Crippen LogP contribution in [0.1, 0.15) is 43.0 Å². The maximum Gasteiger partial charge on any atom is 0.255 e. The molecule has 0 spiro atoms. The summed E-state index contributed by atoms with van der Waals surface area (Å²) >= 11 is 3.28. The number of rotatable bonds is 2. The third-order valence-electron chi connectivity index (χ3n) is 3.60. The van der Waals surface area contributed by atoms with Crippen LogP contribution in [-0.2, 0) is 0 Å². The number of aliphatic hydroxyl groups excluding tert-OH is 1. The van der Waals surface area contributed by atoms with Gasteiger partial charge in [-0.3, -0.25) is 4.79 Å². The van der Waals surface area contributed by atoms with E-state index in [9.17, 15) is 9.90 Å². The van der Waals surface area contributed by atoms with Crippen LogP contribution in [-0.4, -0.2) is 27.6 Å². The molecule has 6 heteroatoms. The van der Waals surface area contributed by atoms with E-state index in [4.69, 9.17) is 5.73 Å². The Labute approximate surface area is 120 Å². The summed E-state index contributed by atoms with van der Waals surface area (Å²) in [5.41, 5.74) is 5.82. The van der Waals surface area contributed by atoms with Crippen LogP contribution in [0.4, 0.5) is 5.82 Å². The average molecular weight is 328 g/mol. The van der Waals surface area contributed by atoms with Gasteiger partial charge in [-0.15, -0.1) is 0 Å². The number of nitrogens with two attached hydrogens (primary N) is 1. The molecule has 4 N–H and O–H groups in total. The maximum absolute atomic E-state index is 12.3. The van der Waals surface area contributed by atoms with Crippen LogP contribution < -0.4 is 11.1 Å². The van der Waals surface area contributed by atoms with Gasteiger partial charge in [0.2, 0.25) is 0 Å². The molecule has 0 unspecified atom stereocenters. The normalized spacial score (nSPS) is 27.0. The van der Waals surface area contributed by atoms with Crippen molar-refractivity contribution in [3.8, 4) is 0 Å². The van der Waals surface area contributed by atoms with E-state index in [1.807, 2.05) is 6.92 Å². The fraction of sp³-hybridized carbons (Fsp3) is 0.538. The van der Waals surface area contributed by atoms with Gasteiger partial charge in [-0.05, 0) is 54.6 Å². The number of hydrogen-bond donors (Lipinski definition) is 3. The van der Waals surface area contributed by atoms with Crippen LogP contribution in [0, 0.1) is 0 Å². The van der Waals surface area contributed by atoms with E-state index in [-0.39, 0.29) is 23.4 Å². The number of amides is 1. The van der Waals surface area contributed by atoms with Crippen molar-refractivity contribution in [1.82, 2.24) is 10.3 Å². The highest BCUT2D eigenvalue weighted by atomic mass is 79.9.